The first-order valence-corrected chi connectivity index (χ1v) is 10.9. The molecule has 29 heavy (non-hydrogen) atoms. The van der Waals surface area contributed by atoms with Crippen molar-refractivity contribution in [3.05, 3.63) is 53.1 Å². The van der Waals surface area contributed by atoms with Crippen molar-refractivity contribution in [2.45, 2.75) is 24.9 Å². The summed E-state index contributed by atoms with van der Waals surface area (Å²) in [6.07, 6.45) is 2.02. The van der Waals surface area contributed by atoms with Crippen LogP contribution in [0.1, 0.15) is 12.0 Å². The number of benzene rings is 2. The van der Waals surface area contributed by atoms with Crippen LogP contribution in [0.4, 0.5) is 4.79 Å². The standard InChI is InChI=1S/C21H21ClN4O2S/c22-14-3-6-18-19(9-14)29-21(24-18)28-17-4-1-13(2-5-17)7-8-25-11-16-10-15(25)12-26(16)20(23)27/h1-6,9,15-16H,7-8,10-12H2,(H2,23,27). The zero-order chi connectivity index (χ0) is 20.0. The van der Waals surface area contributed by atoms with E-state index in [9.17, 15) is 4.79 Å². The zero-order valence-electron chi connectivity index (χ0n) is 15.8. The molecule has 3 aromatic rings. The molecular formula is C21H21ClN4O2S. The predicted molar refractivity (Wildman–Crippen MR) is 115 cm³/mol. The molecule has 150 valence electrons. The van der Waals surface area contributed by atoms with Gasteiger partial charge in [-0.25, -0.2) is 9.78 Å². The molecule has 2 N–H and O–H groups in total. The minimum Gasteiger partial charge on any atom is -0.431 e. The highest BCUT2D eigenvalue weighted by atomic mass is 35.5. The molecule has 2 saturated heterocycles. The van der Waals surface area contributed by atoms with E-state index in [2.05, 4.69) is 22.0 Å². The van der Waals surface area contributed by atoms with Crippen molar-refractivity contribution >= 4 is 39.2 Å². The molecule has 0 saturated carbocycles. The molecular weight excluding hydrogens is 408 g/mol. The quantitative estimate of drug-likeness (QED) is 0.663. The Morgan fingerprint density at radius 3 is 2.76 bits per heavy atom. The molecule has 2 unspecified atom stereocenters. The van der Waals surface area contributed by atoms with E-state index in [1.807, 2.05) is 35.2 Å². The smallest absolute Gasteiger partial charge is 0.315 e. The lowest BCUT2D eigenvalue weighted by Gasteiger charge is -2.33. The highest BCUT2D eigenvalue weighted by Gasteiger charge is 2.44. The molecule has 2 aliphatic heterocycles. The van der Waals surface area contributed by atoms with Crippen LogP contribution in [0.5, 0.6) is 10.9 Å². The van der Waals surface area contributed by atoms with Crippen LogP contribution < -0.4 is 10.5 Å². The van der Waals surface area contributed by atoms with E-state index in [0.29, 0.717) is 16.3 Å². The number of hydrogen-bond donors (Lipinski definition) is 1. The molecule has 0 radical (unpaired) electrons. The Kier molecular flexibility index (Phi) is 4.81. The van der Waals surface area contributed by atoms with Gasteiger partial charge in [0.15, 0.2) is 0 Å². The number of amides is 2. The fourth-order valence-electron chi connectivity index (χ4n) is 4.31. The van der Waals surface area contributed by atoms with Gasteiger partial charge in [0.1, 0.15) is 5.75 Å². The minimum atomic E-state index is -0.288. The van der Waals surface area contributed by atoms with Gasteiger partial charge in [-0.15, -0.1) is 0 Å². The van der Waals surface area contributed by atoms with Crippen LogP contribution in [0.2, 0.25) is 5.02 Å². The molecule has 2 aliphatic rings. The Morgan fingerprint density at radius 1 is 1.21 bits per heavy atom. The second-order valence-electron chi connectivity index (χ2n) is 7.62. The summed E-state index contributed by atoms with van der Waals surface area (Å²) < 4.78 is 6.93. The predicted octanol–water partition coefficient (Wildman–Crippen LogP) is 4.12. The number of primary amides is 1. The van der Waals surface area contributed by atoms with Gasteiger partial charge in [-0.2, -0.15) is 0 Å². The molecule has 3 heterocycles. The summed E-state index contributed by atoms with van der Waals surface area (Å²) in [5.41, 5.74) is 7.60. The minimum absolute atomic E-state index is 0.288. The average molecular weight is 429 g/mol. The molecule has 6 nitrogen and oxygen atoms in total. The van der Waals surface area contributed by atoms with Gasteiger partial charge in [0, 0.05) is 36.7 Å². The lowest BCUT2D eigenvalue weighted by atomic mass is 10.1. The number of likely N-dealkylation sites (tertiary alicyclic amines) is 2. The van der Waals surface area contributed by atoms with Gasteiger partial charge < -0.3 is 15.4 Å². The Balaban J connectivity index is 1.17. The van der Waals surface area contributed by atoms with Crippen LogP contribution in [0.15, 0.2) is 42.5 Å². The number of urea groups is 1. The SMILES string of the molecule is NC(=O)N1CC2CC1CN2CCc1ccc(Oc2nc3ccc(Cl)cc3s2)cc1. The lowest BCUT2D eigenvalue weighted by Crippen LogP contribution is -2.50. The summed E-state index contributed by atoms with van der Waals surface area (Å²) in [5, 5.41) is 1.31. The van der Waals surface area contributed by atoms with Gasteiger partial charge in [-0.1, -0.05) is 35.1 Å². The molecule has 1 aromatic heterocycles. The Bertz CT molecular complexity index is 1050. The summed E-state index contributed by atoms with van der Waals surface area (Å²) in [6.45, 7) is 2.68. The zero-order valence-corrected chi connectivity index (χ0v) is 17.3. The monoisotopic (exact) mass is 428 g/mol. The average Bonchev–Trinajstić information content (AvgIpc) is 3.40. The largest absolute Gasteiger partial charge is 0.431 e. The van der Waals surface area contributed by atoms with Crippen molar-refractivity contribution in [2.24, 2.45) is 5.73 Å². The highest BCUT2D eigenvalue weighted by Crippen LogP contribution is 2.33. The number of carbonyl (C=O) groups excluding carboxylic acids is 1. The maximum absolute atomic E-state index is 11.4. The lowest BCUT2D eigenvalue weighted by molar-refractivity contribution is 0.142. The van der Waals surface area contributed by atoms with Crippen LogP contribution in [-0.4, -0.2) is 52.5 Å². The van der Waals surface area contributed by atoms with E-state index in [4.69, 9.17) is 22.1 Å². The van der Waals surface area contributed by atoms with E-state index in [1.165, 1.54) is 16.9 Å². The second-order valence-corrected chi connectivity index (χ2v) is 9.05. The number of aromatic nitrogens is 1. The van der Waals surface area contributed by atoms with E-state index < -0.39 is 0 Å². The van der Waals surface area contributed by atoms with Crippen molar-refractivity contribution in [3.63, 3.8) is 0 Å². The van der Waals surface area contributed by atoms with Crippen LogP contribution >= 0.6 is 22.9 Å². The van der Waals surface area contributed by atoms with E-state index >= 15 is 0 Å². The number of nitrogens with two attached hydrogens (primary N) is 1. The van der Waals surface area contributed by atoms with E-state index in [1.54, 1.807) is 0 Å². The molecule has 5 rings (SSSR count). The fraction of sp³-hybridized carbons (Fsp3) is 0.333. The summed E-state index contributed by atoms with van der Waals surface area (Å²) in [5.74, 6) is 0.774. The molecule has 2 bridgehead atoms. The second kappa shape index (κ2) is 7.48. The number of thiazole rings is 1. The molecule has 2 aromatic carbocycles. The first-order chi connectivity index (χ1) is 14.0. The molecule has 0 aliphatic carbocycles. The normalized spacial score (nSPS) is 21.2. The van der Waals surface area contributed by atoms with Crippen molar-refractivity contribution in [2.75, 3.05) is 19.6 Å². The van der Waals surface area contributed by atoms with Crippen molar-refractivity contribution in [1.82, 2.24) is 14.8 Å². The number of hydrogen-bond acceptors (Lipinski definition) is 5. The van der Waals surface area contributed by atoms with Crippen LogP contribution in [0.3, 0.4) is 0 Å². The van der Waals surface area contributed by atoms with Crippen molar-refractivity contribution in [1.29, 1.82) is 0 Å². The third kappa shape index (κ3) is 3.77. The molecule has 0 spiro atoms. The highest BCUT2D eigenvalue weighted by molar-refractivity contribution is 7.20. The van der Waals surface area contributed by atoms with Crippen LogP contribution in [0.25, 0.3) is 10.2 Å². The first-order valence-electron chi connectivity index (χ1n) is 9.68. The molecule has 2 atom stereocenters. The first kappa shape index (κ1) is 18.7. The van der Waals surface area contributed by atoms with Crippen LogP contribution in [-0.2, 0) is 6.42 Å². The maximum Gasteiger partial charge on any atom is 0.315 e. The van der Waals surface area contributed by atoms with Gasteiger partial charge in [-0.3, -0.25) is 4.90 Å². The van der Waals surface area contributed by atoms with E-state index in [0.717, 1.165) is 48.4 Å². The van der Waals surface area contributed by atoms with Crippen molar-refractivity contribution < 1.29 is 9.53 Å². The summed E-state index contributed by atoms with van der Waals surface area (Å²) in [7, 11) is 0. The maximum atomic E-state index is 11.4. The third-order valence-corrected chi connectivity index (χ3v) is 6.92. The number of rotatable bonds is 5. The Morgan fingerprint density at radius 2 is 2.03 bits per heavy atom. The van der Waals surface area contributed by atoms with Gasteiger partial charge >= 0.3 is 6.03 Å². The number of carbonyl (C=O) groups is 1. The Labute approximate surface area is 177 Å². The fourth-order valence-corrected chi connectivity index (χ4v) is 5.42. The van der Waals surface area contributed by atoms with Crippen LogP contribution in [0, 0.1) is 0 Å². The number of ether oxygens (including phenoxy) is 1. The van der Waals surface area contributed by atoms with Gasteiger partial charge in [0.25, 0.3) is 5.19 Å². The van der Waals surface area contributed by atoms with Gasteiger partial charge in [-0.05, 0) is 48.7 Å². The molecule has 2 fully saturated rings. The number of piperazine rings is 1. The summed E-state index contributed by atoms with van der Waals surface area (Å²) in [6, 6.07) is 14.3. The third-order valence-electron chi connectivity index (χ3n) is 5.78. The topological polar surface area (TPSA) is 71.7 Å². The Hall–Kier alpha value is -2.35. The molecule has 8 heteroatoms. The van der Waals surface area contributed by atoms with Gasteiger partial charge in [0.05, 0.1) is 10.2 Å². The van der Waals surface area contributed by atoms with E-state index in [-0.39, 0.29) is 12.1 Å². The molecule has 2 amide bonds. The number of halogens is 1. The van der Waals surface area contributed by atoms with Gasteiger partial charge in [0.2, 0.25) is 0 Å². The summed E-state index contributed by atoms with van der Waals surface area (Å²) in [4.78, 5) is 20.2. The summed E-state index contributed by atoms with van der Waals surface area (Å²) >= 11 is 7.52. The number of fused-ring (bicyclic) bond motifs is 3. The van der Waals surface area contributed by atoms with Crippen molar-refractivity contribution in [3.8, 4) is 10.9 Å². The number of nitrogens with zero attached hydrogens (tertiary/aromatic N) is 3.